The van der Waals surface area contributed by atoms with E-state index >= 15 is 0 Å². The van der Waals surface area contributed by atoms with Crippen molar-refractivity contribution < 1.29 is 0 Å². The molecule has 0 fully saturated rings. The third kappa shape index (κ3) is 2.59. The molecule has 0 unspecified atom stereocenters. The zero-order valence-electron chi connectivity index (χ0n) is 8.61. The molecule has 1 rings (SSSR count). The largest absolute Gasteiger partial charge is 0.388 e. The Morgan fingerprint density at radius 1 is 1.23 bits per heavy atom. The summed E-state index contributed by atoms with van der Waals surface area (Å²) >= 11 is 2.39. The minimum Gasteiger partial charge on any atom is -0.388 e. The second-order valence-corrected chi connectivity index (χ2v) is 5.36. The Balaban J connectivity index is 3.13. The normalized spacial score (nSPS) is 11.5. The van der Waals surface area contributed by atoms with E-state index in [9.17, 15) is 0 Å². The average Bonchev–Trinajstić information content (AvgIpc) is 2.01. The molecule has 0 radical (unpaired) electrons. The van der Waals surface area contributed by atoms with E-state index in [1.807, 2.05) is 7.05 Å². The van der Waals surface area contributed by atoms with E-state index in [0.29, 0.717) is 0 Å². The molecule has 0 aliphatic carbocycles. The van der Waals surface area contributed by atoms with Crippen LogP contribution in [0.25, 0.3) is 0 Å². The van der Waals surface area contributed by atoms with E-state index in [2.05, 4.69) is 66.9 Å². The van der Waals surface area contributed by atoms with Crippen molar-refractivity contribution in [2.45, 2.75) is 26.2 Å². The molecule has 0 aromatic heterocycles. The highest BCUT2D eigenvalue weighted by atomic mass is 127. The molecule has 0 saturated carbocycles. The van der Waals surface area contributed by atoms with Crippen LogP contribution in [0.4, 0.5) is 5.69 Å². The summed E-state index contributed by atoms with van der Waals surface area (Å²) in [5, 5.41) is 3.14. The Morgan fingerprint density at radius 3 is 2.23 bits per heavy atom. The highest BCUT2D eigenvalue weighted by molar-refractivity contribution is 14.1. The monoisotopic (exact) mass is 289 g/mol. The van der Waals surface area contributed by atoms with Gasteiger partial charge in [0.1, 0.15) is 0 Å². The smallest absolute Gasteiger partial charge is 0.0348 e. The molecule has 1 nitrogen and oxygen atoms in total. The van der Waals surface area contributed by atoms with Crippen molar-refractivity contribution >= 4 is 28.3 Å². The van der Waals surface area contributed by atoms with Crippen molar-refractivity contribution in [3.8, 4) is 0 Å². The van der Waals surface area contributed by atoms with E-state index in [1.165, 1.54) is 14.8 Å². The summed E-state index contributed by atoms with van der Waals surface area (Å²) in [7, 11) is 1.95. The van der Waals surface area contributed by atoms with E-state index in [-0.39, 0.29) is 5.41 Å². The number of anilines is 1. The van der Waals surface area contributed by atoms with Crippen LogP contribution in [-0.4, -0.2) is 7.05 Å². The second kappa shape index (κ2) is 3.86. The standard InChI is InChI=1S/C11H16IN/c1-11(2,3)9-6-5-8(13-4)7-10(9)12/h5-7,13H,1-4H3. The van der Waals surface area contributed by atoms with Gasteiger partial charge in [0, 0.05) is 16.3 Å². The van der Waals surface area contributed by atoms with Gasteiger partial charge in [-0.25, -0.2) is 0 Å². The van der Waals surface area contributed by atoms with Gasteiger partial charge in [-0.2, -0.15) is 0 Å². The van der Waals surface area contributed by atoms with Gasteiger partial charge in [0.25, 0.3) is 0 Å². The summed E-state index contributed by atoms with van der Waals surface area (Å²) in [4.78, 5) is 0. The summed E-state index contributed by atoms with van der Waals surface area (Å²) in [5.74, 6) is 0. The molecule has 0 aliphatic rings. The van der Waals surface area contributed by atoms with E-state index in [0.717, 1.165) is 0 Å². The molecule has 1 N–H and O–H groups in total. The topological polar surface area (TPSA) is 12.0 Å². The van der Waals surface area contributed by atoms with Gasteiger partial charge < -0.3 is 5.32 Å². The van der Waals surface area contributed by atoms with E-state index < -0.39 is 0 Å². The van der Waals surface area contributed by atoms with Crippen molar-refractivity contribution in [1.29, 1.82) is 0 Å². The Labute approximate surface area is 94.1 Å². The first-order valence-electron chi connectivity index (χ1n) is 4.43. The maximum Gasteiger partial charge on any atom is 0.0348 e. The van der Waals surface area contributed by atoms with Gasteiger partial charge in [-0.1, -0.05) is 26.8 Å². The number of halogens is 1. The van der Waals surface area contributed by atoms with Crippen molar-refractivity contribution in [2.24, 2.45) is 0 Å². The molecular formula is C11H16IN. The molecule has 0 spiro atoms. The van der Waals surface area contributed by atoms with Crippen LogP contribution in [-0.2, 0) is 5.41 Å². The van der Waals surface area contributed by atoms with Crippen molar-refractivity contribution in [2.75, 3.05) is 12.4 Å². The summed E-state index contributed by atoms with van der Waals surface area (Å²) in [5.41, 5.74) is 2.83. The number of rotatable bonds is 1. The highest BCUT2D eigenvalue weighted by Gasteiger charge is 2.16. The quantitative estimate of drug-likeness (QED) is 0.778. The molecule has 0 bridgehead atoms. The molecule has 1 aromatic rings. The van der Waals surface area contributed by atoms with Gasteiger partial charge in [0.05, 0.1) is 0 Å². The zero-order chi connectivity index (χ0) is 10.1. The predicted octanol–water partition coefficient (Wildman–Crippen LogP) is 3.63. The van der Waals surface area contributed by atoms with Crippen molar-refractivity contribution in [1.82, 2.24) is 0 Å². The fourth-order valence-electron chi connectivity index (χ4n) is 1.28. The molecule has 0 heterocycles. The van der Waals surface area contributed by atoms with Crippen LogP contribution in [0.1, 0.15) is 26.3 Å². The fourth-order valence-corrected chi connectivity index (χ4v) is 2.60. The molecule has 13 heavy (non-hydrogen) atoms. The lowest BCUT2D eigenvalue weighted by Crippen LogP contribution is -2.13. The van der Waals surface area contributed by atoms with Crippen LogP contribution in [0.2, 0.25) is 0 Å². The molecule has 0 amide bonds. The summed E-state index contributed by atoms with van der Waals surface area (Å²) in [6, 6.07) is 6.51. The number of benzene rings is 1. The minimum atomic E-state index is 0.239. The zero-order valence-corrected chi connectivity index (χ0v) is 10.8. The first-order chi connectivity index (χ1) is 5.95. The first kappa shape index (κ1) is 10.8. The van der Waals surface area contributed by atoms with Gasteiger partial charge in [0.2, 0.25) is 0 Å². The van der Waals surface area contributed by atoms with Crippen LogP contribution >= 0.6 is 22.6 Å². The van der Waals surface area contributed by atoms with Crippen LogP contribution in [0.3, 0.4) is 0 Å². The lowest BCUT2D eigenvalue weighted by molar-refractivity contribution is 0.587. The molecule has 72 valence electrons. The van der Waals surface area contributed by atoms with E-state index in [1.54, 1.807) is 0 Å². The average molecular weight is 289 g/mol. The van der Waals surface area contributed by atoms with Gasteiger partial charge in [-0.15, -0.1) is 0 Å². The number of hydrogen-bond donors (Lipinski definition) is 1. The predicted molar refractivity (Wildman–Crippen MR) is 67.4 cm³/mol. The molecule has 0 saturated heterocycles. The fraction of sp³-hybridized carbons (Fsp3) is 0.455. The van der Waals surface area contributed by atoms with Gasteiger partial charge in [0.15, 0.2) is 0 Å². The third-order valence-electron chi connectivity index (χ3n) is 2.07. The SMILES string of the molecule is CNc1ccc(C(C)(C)C)c(I)c1. The highest BCUT2D eigenvalue weighted by Crippen LogP contribution is 2.28. The van der Waals surface area contributed by atoms with Crippen molar-refractivity contribution in [3.63, 3.8) is 0 Å². The Hall–Kier alpha value is -0.250. The Bertz CT molecular complexity index is 299. The Kier molecular flexibility index (Phi) is 3.22. The number of hydrogen-bond acceptors (Lipinski definition) is 1. The lowest BCUT2D eigenvalue weighted by Gasteiger charge is -2.21. The molecule has 0 atom stereocenters. The molecule has 1 aromatic carbocycles. The van der Waals surface area contributed by atoms with Crippen LogP contribution < -0.4 is 5.32 Å². The second-order valence-electron chi connectivity index (χ2n) is 4.19. The molecule has 0 aliphatic heterocycles. The molecule has 2 heteroatoms. The molecular weight excluding hydrogens is 273 g/mol. The first-order valence-corrected chi connectivity index (χ1v) is 5.51. The summed E-state index contributed by atoms with van der Waals surface area (Å²) in [6.07, 6.45) is 0. The number of nitrogens with one attached hydrogen (secondary N) is 1. The van der Waals surface area contributed by atoms with E-state index in [4.69, 9.17) is 0 Å². The van der Waals surface area contributed by atoms with Gasteiger partial charge >= 0.3 is 0 Å². The minimum absolute atomic E-state index is 0.239. The Morgan fingerprint density at radius 2 is 1.85 bits per heavy atom. The lowest BCUT2D eigenvalue weighted by atomic mass is 9.87. The third-order valence-corrected chi connectivity index (χ3v) is 2.96. The van der Waals surface area contributed by atoms with Crippen molar-refractivity contribution in [3.05, 3.63) is 27.3 Å². The summed E-state index contributed by atoms with van der Waals surface area (Å²) < 4.78 is 1.33. The van der Waals surface area contributed by atoms with Gasteiger partial charge in [-0.05, 0) is 45.7 Å². The van der Waals surface area contributed by atoms with Gasteiger partial charge in [-0.3, -0.25) is 0 Å². The maximum absolute atomic E-state index is 3.14. The maximum atomic E-state index is 3.14. The van der Waals surface area contributed by atoms with Crippen LogP contribution in [0, 0.1) is 3.57 Å². The summed E-state index contributed by atoms with van der Waals surface area (Å²) in [6.45, 7) is 6.72. The van der Waals surface area contributed by atoms with Crippen LogP contribution in [0.15, 0.2) is 18.2 Å². The van der Waals surface area contributed by atoms with Crippen LogP contribution in [0.5, 0.6) is 0 Å².